The summed E-state index contributed by atoms with van der Waals surface area (Å²) in [4.78, 5) is 10.9. The van der Waals surface area contributed by atoms with Gasteiger partial charge in [0.2, 0.25) is 0 Å². The van der Waals surface area contributed by atoms with Crippen LogP contribution in [0.3, 0.4) is 0 Å². The lowest BCUT2D eigenvalue weighted by Crippen LogP contribution is -2.15. The largest absolute Gasteiger partial charge is 0.506 e. The number of hydrogen-bond acceptors (Lipinski definition) is 2. The van der Waals surface area contributed by atoms with Crippen molar-refractivity contribution in [3.05, 3.63) is 27.1 Å². The summed E-state index contributed by atoms with van der Waals surface area (Å²) >= 11 is 3.00. The summed E-state index contributed by atoms with van der Waals surface area (Å²) in [6.07, 6.45) is 1.35. The second-order valence-electron chi connectivity index (χ2n) is 1.96. The van der Waals surface area contributed by atoms with Crippen molar-refractivity contribution < 1.29 is 5.11 Å². The highest BCUT2D eigenvalue weighted by molar-refractivity contribution is 9.10. The quantitative estimate of drug-likeness (QED) is 0.680. The predicted molar refractivity (Wildman–Crippen MR) is 41.0 cm³/mol. The van der Waals surface area contributed by atoms with E-state index in [4.69, 9.17) is 5.11 Å². The van der Waals surface area contributed by atoms with E-state index in [1.165, 1.54) is 16.8 Å². The van der Waals surface area contributed by atoms with Crippen LogP contribution in [-0.4, -0.2) is 9.67 Å². The lowest BCUT2D eigenvalue weighted by atomic mass is 10.4. The van der Waals surface area contributed by atoms with Crippen molar-refractivity contribution in [2.75, 3.05) is 0 Å². The molecule has 0 aliphatic rings. The maximum absolute atomic E-state index is 10.9. The van der Waals surface area contributed by atoms with Crippen LogP contribution in [0, 0.1) is 0 Å². The Labute approximate surface area is 66.0 Å². The van der Waals surface area contributed by atoms with Gasteiger partial charge in [-0.1, -0.05) is 0 Å². The Morgan fingerprint density at radius 3 is 2.80 bits per heavy atom. The van der Waals surface area contributed by atoms with E-state index in [-0.39, 0.29) is 11.3 Å². The molecule has 1 aromatic heterocycles. The summed E-state index contributed by atoms with van der Waals surface area (Å²) in [7, 11) is 1.58. The third kappa shape index (κ3) is 1.21. The summed E-state index contributed by atoms with van der Waals surface area (Å²) in [5.74, 6) is 0.0778. The maximum atomic E-state index is 10.9. The molecular formula is C6H6BrNO2. The van der Waals surface area contributed by atoms with Crippen LogP contribution in [0.4, 0.5) is 0 Å². The van der Waals surface area contributed by atoms with Gasteiger partial charge in [0.1, 0.15) is 5.75 Å². The molecule has 0 aliphatic carbocycles. The maximum Gasteiger partial charge on any atom is 0.264 e. The van der Waals surface area contributed by atoms with E-state index in [9.17, 15) is 4.79 Å². The molecule has 0 unspecified atom stereocenters. The Bertz CT molecular complexity index is 279. The highest BCUT2D eigenvalue weighted by atomic mass is 79.9. The monoisotopic (exact) mass is 203 g/mol. The standard InChI is InChI=1S/C6H6BrNO2/c1-8-3-4(9)2-5(7)6(8)10/h2-3,9H,1H3. The summed E-state index contributed by atoms with van der Waals surface area (Å²) in [5.41, 5.74) is -0.155. The lowest BCUT2D eigenvalue weighted by Gasteiger charge is -1.97. The lowest BCUT2D eigenvalue weighted by molar-refractivity contribution is 0.467. The van der Waals surface area contributed by atoms with Gasteiger partial charge >= 0.3 is 0 Å². The van der Waals surface area contributed by atoms with Crippen molar-refractivity contribution in [2.24, 2.45) is 7.05 Å². The van der Waals surface area contributed by atoms with Gasteiger partial charge in [-0.2, -0.15) is 0 Å². The number of halogens is 1. The second-order valence-corrected chi connectivity index (χ2v) is 2.82. The molecule has 1 aromatic rings. The van der Waals surface area contributed by atoms with Crippen molar-refractivity contribution in [3.8, 4) is 5.75 Å². The second kappa shape index (κ2) is 2.46. The zero-order chi connectivity index (χ0) is 7.72. The number of pyridine rings is 1. The number of aromatic hydroxyl groups is 1. The van der Waals surface area contributed by atoms with Crippen molar-refractivity contribution >= 4 is 15.9 Å². The number of nitrogens with zero attached hydrogens (tertiary/aromatic N) is 1. The molecule has 0 aromatic carbocycles. The predicted octanol–water partition coefficient (Wildman–Crippen LogP) is 0.853. The van der Waals surface area contributed by atoms with Crippen LogP contribution in [0.15, 0.2) is 21.5 Å². The average molecular weight is 204 g/mol. The topological polar surface area (TPSA) is 42.2 Å². The van der Waals surface area contributed by atoms with Gasteiger partial charge in [-0.3, -0.25) is 4.79 Å². The fraction of sp³-hybridized carbons (Fsp3) is 0.167. The van der Waals surface area contributed by atoms with Crippen molar-refractivity contribution in [1.29, 1.82) is 0 Å². The first-order valence-corrected chi connectivity index (χ1v) is 3.45. The zero-order valence-corrected chi connectivity index (χ0v) is 6.92. The van der Waals surface area contributed by atoms with Crippen LogP contribution in [0.1, 0.15) is 0 Å². The highest BCUT2D eigenvalue weighted by Gasteiger charge is 1.98. The molecular weight excluding hydrogens is 198 g/mol. The van der Waals surface area contributed by atoms with E-state index in [0.29, 0.717) is 4.47 Å². The first kappa shape index (κ1) is 7.34. The Morgan fingerprint density at radius 1 is 1.70 bits per heavy atom. The molecule has 10 heavy (non-hydrogen) atoms. The van der Waals surface area contributed by atoms with E-state index in [0.717, 1.165) is 0 Å². The molecule has 1 heterocycles. The first-order chi connectivity index (χ1) is 4.61. The molecule has 0 saturated carbocycles. The highest BCUT2D eigenvalue weighted by Crippen LogP contribution is 2.10. The third-order valence-electron chi connectivity index (χ3n) is 1.13. The number of aromatic nitrogens is 1. The molecule has 0 spiro atoms. The number of hydrogen-bond donors (Lipinski definition) is 1. The van der Waals surface area contributed by atoms with Crippen LogP contribution in [0.5, 0.6) is 5.75 Å². The normalized spacial score (nSPS) is 9.80. The van der Waals surface area contributed by atoms with Gasteiger partial charge in [-0.05, 0) is 15.9 Å². The molecule has 0 fully saturated rings. The molecule has 0 atom stereocenters. The molecule has 0 aliphatic heterocycles. The van der Waals surface area contributed by atoms with Crippen molar-refractivity contribution in [3.63, 3.8) is 0 Å². The molecule has 1 N–H and O–H groups in total. The SMILES string of the molecule is Cn1cc(O)cc(Br)c1=O. The molecule has 0 bridgehead atoms. The van der Waals surface area contributed by atoms with Gasteiger partial charge in [-0.25, -0.2) is 0 Å². The Balaban J connectivity index is 3.46. The first-order valence-electron chi connectivity index (χ1n) is 2.66. The van der Waals surface area contributed by atoms with Crippen molar-refractivity contribution in [2.45, 2.75) is 0 Å². The summed E-state index contributed by atoms with van der Waals surface area (Å²) in [5, 5.41) is 8.93. The minimum absolute atomic E-state index is 0.0778. The van der Waals surface area contributed by atoms with Gasteiger partial charge in [0.05, 0.1) is 4.47 Å². The van der Waals surface area contributed by atoms with E-state index >= 15 is 0 Å². The Hall–Kier alpha value is -0.770. The Morgan fingerprint density at radius 2 is 2.30 bits per heavy atom. The Kier molecular flexibility index (Phi) is 1.80. The third-order valence-corrected chi connectivity index (χ3v) is 1.69. The minimum atomic E-state index is -0.155. The zero-order valence-electron chi connectivity index (χ0n) is 5.34. The van der Waals surface area contributed by atoms with Gasteiger partial charge in [-0.15, -0.1) is 0 Å². The number of aryl methyl sites for hydroxylation is 1. The molecule has 0 amide bonds. The van der Waals surface area contributed by atoms with Crippen LogP contribution in [-0.2, 0) is 7.05 Å². The summed E-state index contributed by atoms with van der Waals surface area (Å²) < 4.78 is 1.68. The minimum Gasteiger partial charge on any atom is -0.506 e. The number of rotatable bonds is 0. The molecule has 0 saturated heterocycles. The van der Waals surface area contributed by atoms with Crippen LogP contribution < -0.4 is 5.56 Å². The average Bonchev–Trinajstić information content (AvgIpc) is 1.82. The van der Waals surface area contributed by atoms with Crippen LogP contribution in [0.25, 0.3) is 0 Å². The molecule has 1 rings (SSSR count). The molecule has 4 heteroatoms. The molecule has 3 nitrogen and oxygen atoms in total. The summed E-state index contributed by atoms with van der Waals surface area (Å²) in [6.45, 7) is 0. The van der Waals surface area contributed by atoms with Crippen LogP contribution in [0.2, 0.25) is 0 Å². The van der Waals surface area contributed by atoms with Gasteiger partial charge in [0, 0.05) is 19.3 Å². The van der Waals surface area contributed by atoms with E-state index in [1.54, 1.807) is 7.05 Å². The van der Waals surface area contributed by atoms with Gasteiger partial charge < -0.3 is 9.67 Å². The molecule has 0 radical (unpaired) electrons. The van der Waals surface area contributed by atoms with Crippen molar-refractivity contribution in [1.82, 2.24) is 4.57 Å². The fourth-order valence-electron chi connectivity index (χ4n) is 0.654. The fourth-order valence-corrected chi connectivity index (χ4v) is 1.17. The van der Waals surface area contributed by atoms with Crippen LogP contribution >= 0.6 is 15.9 Å². The van der Waals surface area contributed by atoms with E-state index in [1.807, 2.05) is 0 Å². The van der Waals surface area contributed by atoms with Gasteiger partial charge in [0.15, 0.2) is 0 Å². The molecule has 54 valence electrons. The van der Waals surface area contributed by atoms with Gasteiger partial charge in [0.25, 0.3) is 5.56 Å². The summed E-state index contributed by atoms with van der Waals surface area (Å²) in [6, 6.07) is 1.36. The van der Waals surface area contributed by atoms with E-state index in [2.05, 4.69) is 15.9 Å². The smallest absolute Gasteiger partial charge is 0.264 e. The van der Waals surface area contributed by atoms with E-state index < -0.39 is 0 Å².